The molecular weight excluding hydrogens is 228 g/mol. The third-order valence-electron chi connectivity index (χ3n) is 3.10. The van der Waals surface area contributed by atoms with Crippen molar-refractivity contribution in [2.24, 2.45) is 0 Å². The van der Waals surface area contributed by atoms with Gasteiger partial charge in [0.1, 0.15) is 0 Å². The monoisotopic (exact) mass is 246 g/mol. The van der Waals surface area contributed by atoms with Gasteiger partial charge in [-0.15, -0.1) is 0 Å². The Morgan fingerprint density at radius 2 is 2.22 bits per heavy atom. The van der Waals surface area contributed by atoms with Gasteiger partial charge in [0.25, 0.3) is 0 Å². The van der Waals surface area contributed by atoms with Gasteiger partial charge in [-0.1, -0.05) is 25.1 Å². The van der Waals surface area contributed by atoms with Crippen molar-refractivity contribution in [2.45, 2.75) is 25.8 Å². The molecule has 0 bridgehead atoms. The second-order valence-corrected chi connectivity index (χ2v) is 4.39. The van der Waals surface area contributed by atoms with E-state index in [-0.39, 0.29) is 18.6 Å². The number of H-pyrrole nitrogens is 1. The van der Waals surface area contributed by atoms with Crippen LogP contribution < -0.4 is 5.32 Å². The Kier molecular flexibility index (Phi) is 3.99. The summed E-state index contributed by atoms with van der Waals surface area (Å²) in [6, 6.07) is 7.75. The zero-order valence-electron chi connectivity index (χ0n) is 10.4. The van der Waals surface area contributed by atoms with E-state index >= 15 is 0 Å². The summed E-state index contributed by atoms with van der Waals surface area (Å²) < 4.78 is 0. The molecule has 3 N–H and O–H groups in total. The average molecular weight is 246 g/mol. The number of aliphatic hydroxyl groups is 1. The maximum absolute atomic E-state index is 11.8. The van der Waals surface area contributed by atoms with E-state index in [1.165, 1.54) is 0 Å². The summed E-state index contributed by atoms with van der Waals surface area (Å²) in [6.45, 7) is 1.92. The summed E-state index contributed by atoms with van der Waals surface area (Å²) in [4.78, 5) is 15.0. The number of rotatable bonds is 5. The second kappa shape index (κ2) is 5.69. The van der Waals surface area contributed by atoms with Gasteiger partial charge in [0.05, 0.1) is 19.1 Å². The van der Waals surface area contributed by atoms with Crippen molar-refractivity contribution in [3.63, 3.8) is 0 Å². The largest absolute Gasteiger partial charge is 0.394 e. The Morgan fingerprint density at radius 3 is 2.94 bits per heavy atom. The number of hydrogen-bond acceptors (Lipinski definition) is 2. The molecular formula is C14H18N2O2. The van der Waals surface area contributed by atoms with Gasteiger partial charge in [-0.05, 0) is 18.1 Å². The van der Waals surface area contributed by atoms with Crippen molar-refractivity contribution in [3.8, 4) is 0 Å². The van der Waals surface area contributed by atoms with Crippen molar-refractivity contribution in [1.82, 2.24) is 10.3 Å². The molecule has 0 fully saturated rings. The number of nitrogens with one attached hydrogen (secondary N) is 2. The first-order chi connectivity index (χ1) is 8.74. The number of hydrogen-bond donors (Lipinski definition) is 3. The fraction of sp³-hybridized carbons (Fsp3) is 0.357. The van der Waals surface area contributed by atoms with Gasteiger partial charge in [0.2, 0.25) is 5.91 Å². The number of para-hydroxylation sites is 1. The summed E-state index contributed by atoms with van der Waals surface area (Å²) in [5.41, 5.74) is 2.02. The highest BCUT2D eigenvalue weighted by atomic mass is 16.3. The van der Waals surface area contributed by atoms with Gasteiger partial charge in [-0.3, -0.25) is 4.79 Å². The lowest BCUT2D eigenvalue weighted by Gasteiger charge is -2.13. The molecule has 18 heavy (non-hydrogen) atoms. The predicted molar refractivity (Wildman–Crippen MR) is 71.3 cm³/mol. The van der Waals surface area contributed by atoms with Crippen LogP contribution in [0.4, 0.5) is 0 Å². The summed E-state index contributed by atoms with van der Waals surface area (Å²) >= 11 is 0. The van der Waals surface area contributed by atoms with Crippen LogP contribution in [0.15, 0.2) is 30.5 Å². The van der Waals surface area contributed by atoms with E-state index in [2.05, 4.69) is 10.3 Å². The molecule has 1 heterocycles. The molecule has 4 nitrogen and oxygen atoms in total. The minimum atomic E-state index is -0.150. The third kappa shape index (κ3) is 2.71. The topological polar surface area (TPSA) is 65.1 Å². The number of fused-ring (bicyclic) bond motifs is 1. The maximum atomic E-state index is 11.8. The third-order valence-corrected chi connectivity index (χ3v) is 3.10. The average Bonchev–Trinajstić information content (AvgIpc) is 2.79. The predicted octanol–water partition coefficient (Wildman–Crippen LogP) is 1.60. The molecule has 2 aromatic rings. The van der Waals surface area contributed by atoms with Crippen LogP contribution >= 0.6 is 0 Å². The molecule has 0 aliphatic rings. The highest BCUT2D eigenvalue weighted by Gasteiger charge is 2.11. The quantitative estimate of drug-likeness (QED) is 0.750. The van der Waals surface area contributed by atoms with Crippen molar-refractivity contribution >= 4 is 16.8 Å². The second-order valence-electron chi connectivity index (χ2n) is 4.39. The summed E-state index contributed by atoms with van der Waals surface area (Å²) in [6.07, 6.45) is 2.93. The van der Waals surface area contributed by atoms with E-state index in [0.29, 0.717) is 6.42 Å². The van der Waals surface area contributed by atoms with Crippen LogP contribution in [0.25, 0.3) is 10.9 Å². The molecule has 1 atom stereocenters. The molecule has 1 aromatic heterocycles. The fourth-order valence-electron chi connectivity index (χ4n) is 2.01. The van der Waals surface area contributed by atoms with E-state index in [1.807, 2.05) is 37.4 Å². The lowest BCUT2D eigenvalue weighted by atomic mass is 10.1. The van der Waals surface area contributed by atoms with Gasteiger partial charge >= 0.3 is 0 Å². The molecule has 1 aromatic carbocycles. The lowest BCUT2D eigenvalue weighted by Crippen LogP contribution is -2.37. The normalized spacial score (nSPS) is 12.6. The standard InChI is InChI=1S/C14H18N2O2/c1-2-11(9-17)16-14(18)7-10-8-15-13-6-4-3-5-12(10)13/h3-6,8,11,15,17H,2,7,9H2,1H3,(H,16,18)/t11-/m0/s1. The molecule has 0 saturated carbocycles. The molecule has 0 unspecified atom stereocenters. The van der Waals surface area contributed by atoms with Crippen LogP contribution in [0.2, 0.25) is 0 Å². The van der Waals surface area contributed by atoms with Gasteiger partial charge in [0.15, 0.2) is 0 Å². The molecule has 96 valence electrons. The lowest BCUT2D eigenvalue weighted by molar-refractivity contribution is -0.121. The maximum Gasteiger partial charge on any atom is 0.224 e. The molecule has 0 radical (unpaired) electrons. The number of aliphatic hydroxyl groups excluding tert-OH is 1. The molecule has 0 aliphatic carbocycles. The SMILES string of the molecule is CC[C@@H](CO)NC(=O)Cc1c[nH]c2ccccc12. The Hall–Kier alpha value is -1.81. The highest BCUT2D eigenvalue weighted by molar-refractivity contribution is 5.88. The summed E-state index contributed by atoms with van der Waals surface area (Å²) in [7, 11) is 0. The van der Waals surface area contributed by atoms with Crippen molar-refractivity contribution in [3.05, 3.63) is 36.0 Å². The summed E-state index contributed by atoms with van der Waals surface area (Å²) in [5, 5.41) is 12.9. The molecule has 0 aliphatic heterocycles. The number of benzene rings is 1. The zero-order valence-corrected chi connectivity index (χ0v) is 10.4. The van der Waals surface area contributed by atoms with Crippen molar-refractivity contribution < 1.29 is 9.90 Å². The van der Waals surface area contributed by atoms with Crippen LogP contribution in [0.1, 0.15) is 18.9 Å². The minimum absolute atomic E-state index is 0.0177. The number of aromatic amines is 1. The van der Waals surface area contributed by atoms with E-state index in [4.69, 9.17) is 5.11 Å². The van der Waals surface area contributed by atoms with Crippen molar-refractivity contribution in [2.75, 3.05) is 6.61 Å². The molecule has 0 spiro atoms. The number of carbonyl (C=O) groups is 1. The van der Waals surface area contributed by atoms with E-state index in [1.54, 1.807) is 0 Å². The summed E-state index contributed by atoms with van der Waals surface area (Å²) in [5.74, 6) is -0.0550. The Balaban J connectivity index is 2.07. The molecule has 4 heteroatoms. The molecule has 1 amide bonds. The first-order valence-electron chi connectivity index (χ1n) is 6.19. The molecule has 2 rings (SSSR count). The van der Waals surface area contributed by atoms with Gasteiger partial charge in [0, 0.05) is 17.1 Å². The zero-order chi connectivity index (χ0) is 13.0. The van der Waals surface area contributed by atoms with Crippen LogP contribution in [-0.4, -0.2) is 28.6 Å². The molecule has 0 saturated heterocycles. The van der Waals surface area contributed by atoms with E-state index < -0.39 is 0 Å². The first kappa shape index (κ1) is 12.6. The van der Waals surface area contributed by atoms with Crippen LogP contribution in [0.3, 0.4) is 0 Å². The van der Waals surface area contributed by atoms with Crippen molar-refractivity contribution in [1.29, 1.82) is 0 Å². The van der Waals surface area contributed by atoms with Gasteiger partial charge in [-0.2, -0.15) is 0 Å². The van der Waals surface area contributed by atoms with Crippen LogP contribution in [-0.2, 0) is 11.2 Å². The van der Waals surface area contributed by atoms with Gasteiger partial charge in [-0.25, -0.2) is 0 Å². The number of amides is 1. The van der Waals surface area contributed by atoms with E-state index in [0.717, 1.165) is 22.9 Å². The smallest absolute Gasteiger partial charge is 0.224 e. The Morgan fingerprint density at radius 1 is 1.44 bits per heavy atom. The number of carbonyl (C=O) groups excluding carboxylic acids is 1. The Bertz CT molecular complexity index is 529. The highest BCUT2D eigenvalue weighted by Crippen LogP contribution is 2.17. The van der Waals surface area contributed by atoms with Gasteiger partial charge < -0.3 is 15.4 Å². The van der Waals surface area contributed by atoms with Crippen LogP contribution in [0.5, 0.6) is 0 Å². The van der Waals surface area contributed by atoms with Crippen LogP contribution in [0, 0.1) is 0 Å². The Labute approximate surface area is 106 Å². The number of aromatic nitrogens is 1. The first-order valence-corrected chi connectivity index (χ1v) is 6.19. The fourth-order valence-corrected chi connectivity index (χ4v) is 2.01. The van der Waals surface area contributed by atoms with E-state index in [9.17, 15) is 4.79 Å². The minimum Gasteiger partial charge on any atom is -0.394 e.